The zero-order valence-corrected chi connectivity index (χ0v) is 7.55. The first-order valence-electron chi connectivity index (χ1n) is 2.45. The first-order valence-corrected chi connectivity index (χ1v) is 4.72. The van der Waals surface area contributed by atoms with Gasteiger partial charge in [0.2, 0.25) is 0 Å². The summed E-state index contributed by atoms with van der Waals surface area (Å²) in [6.45, 7) is 0. The van der Waals surface area contributed by atoms with Crippen LogP contribution in [-0.2, 0) is 15.3 Å². The molecule has 0 aliphatic carbocycles. The van der Waals surface area contributed by atoms with Crippen LogP contribution in [0.4, 0.5) is 0 Å². The standard InChI is InChI=1S/C5H5ClO2S2/c1-8-10(7)5-3-2-4(6)9-5/h2-3H,1H3. The second-order valence-corrected chi connectivity index (χ2v) is 4.68. The van der Waals surface area contributed by atoms with E-state index in [0.29, 0.717) is 8.55 Å². The quantitative estimate of drug-likeness (QED) is 0.724. The lowest BCUT2D eigenvalue weighted by molar-refractivity contribution is 0.447. The Morgan fingerprint density at radius 1 is 1.70 bits per heavy atom. The molecule has 0 saturated heterocycles. The molecule has 5 heteroatoms. The minimum Gasteiger partial charge on any atom is -0.289 e. The molecule has 0 aliphatic heterocycles. The number of hydrogen-bond donors (Lipinski definition) is 0. The van der Waals surface area contributed by atoms with Crippen LogP contribution < -0.4 is 0 Å². The average Bonchev–Trinajstić information content (AvgIpc) is 2.34. The molecule has 1 atom stereocenters. The van der Waals surface area contributed by atoms with Crippen LogP contribution in [0, 0.1) is 0 Å². The highest BCUT2D eigenvalue weighted by atomic mass is 35.5. The van der Waals surface area contributed by atoms with Gasteiger partial charge in [0.25, 0.3) is 0 Å². The molecule has 1 rings (SSSR count). The Bertz CT molecular complexity index is 246. The highest BCUT2D eigenvalue weighted by molar-refractivity contribution is 7.82. The maximum atomic E-state index is 10.9. The van der Waals surface area contributed by atoms with E-state index in [1.165, 1.54) is 18.4 Å². The first kappa shape index (κ1) is 8.20. The van der Waals surface area contributed by atoms with E-state index in [4.69, 9.17) is 11.6 Å². The normalized spacial score (nSPS) is 13.4. The minimum absolute atomic E-state index is 0.625. The maximum Gasteiger partial charge on any atom is 0.199 e. The van der Waals surface area contributed by atoms with Gasteiger partial charge in [0.15, 0.2) is 11.1 Å². The van der Waals surface area contributed by atoms with Gasteiger partial charge in [0.1, 0.15) is 4.21 Å². The van der Waals surface area contributed by atoms with E-state index in [0.717, 1.165) is 0 Å². The Kier molecular flexibility index (Phi) is 2.85. The van der Waals surface area contributed by atoms with Gasteiger partial charge in [-0.1, -0.05) is 11.6 Å². The van der Waals surface area contributed by atoms with Crippen LogP contribution in [0.25, 0.3) is 0 Å². The van der Waals surface area contributed by atoms with Crippen molar-refractivity contribution < 1.29 is 8.39 Å². The van der Waals surface area contributed by atoms with Crippen LogP contribution in [0.5, 0.6) is 0 Å². The fraction of sp³-hybridized carbons (Fsp3) is 0.200. The molecule has 1 unspecified atom stereocenters. The Morgan fingerprint density at radius 3 is 2.80 bits per heavy atom. The van der Waals surface area contributed by atoms with Crippen molar-refractivity contribution in [3.05, 3.63) is 16.5 Å². The van der Waals surface area contributed by atoms with Crippen LogP contribution in [0.15, 0.2) is 16.3 Å². The van der Waals surface area contributed by atoms with Crippen molar-refractivity contribution in [2.45, 2.75) is 4.21 Å². The molecule has 2 nitrogen and oxygen atoms in total. The van der Waals surface area contributed by atoms with Gasteiger partial charge in [-0.25, -0.2) is 4.21 Å². The zero-order valence-electron chi connectivity index (χ0n) is 5.17. The highest BCUT2D eigenvalue weighted by Gasteiger charge is 2.04. The third-order valence-corrected chi connectivity index (χ3v) is 3.32. The maximum absolute atomic E-state index is 10.9. The van der Waals surface area contributed by atoms with Crippen molar-refractivity contribution in [2.75, 3.05) is 7.11 Å². The molecule has 0 fully saturated rings. The zero-order chi connectivity index (χ0) is 7.56. The Labute approximate surface area is 70.4 Å². The smallest absolute Gasteiger partial charge is 0.199 e. The van der Waals surface area contributed by atoms with Crippen LogP contribution in [0.2, 0.25) is 4.34 Å². The third kappa shape index (κ3) is 1.79. The van der Waals surface area contributed by atoms with Gasteiger partial charge >= 0.3 is 0 Å². The van der Waals surface area contributed by atoms with Crippen molar-refractivity contribution in [1.82, 2.24) is 0 Å². The first-order chi connectivity index (χ1) is 4.74. The van der Waals surface area contributed by atoms with Crippen molar-refractivity contribution >= 4 is 34.0 Å². The minimum atomic E-state index is -1.34. The van der Waals surface area contributed by atoms with E-state index in [2.05, 4.69) is 4.18 Å². The van der Waals surface area contributed by atoms with Gasteiger partial charge < -0.3 is 0 Å². The Hall–Kier alpha value is 0.1000. The molecule has 10 heavy (non-hydrogen) atoms. The fourth-order valence-electron chi connectivity index (χ4n) is 0.469. The van der Waals surface area contributed by atoms with Gasteiger partial charge in [-0.2, -0.15) is 0 Å². The largest absolute Gasteiger partial charge is 0.289 e. The summed E-state index contributed by atoms with van der Waals surface area (Å²) in [5, 5.41) is 0. The number of thiophene rings is 1. The van der Waals surface area contributed by atoms with Gasteiger partial charge in [-0.3, -0.25) is 4.18 Å². The van der Waals surface area contributed by atoms with Gasteiger partial charge in [-0.15, -0.1) is 11.3 Å². The molecule has 0 saturated carbocycles. The molecule has 1 aromatic heterocycles. The molecule has 56 valence electrons. The molecule has 0 aromatic carbocycles. The molecule has 0 aliphatic rings. The summed E-state index contributed by atoms with van der Waals surface area (Å²) in [7, 11) is 1.39. The van der Waals surface area contributed by atoms with Crippen LogP contribution in [0.1, 0.15) is 0 Å². The summed E-state index contributed by atoms with van der Waals surface area (Å²) in [4.78, 5) is 0. The second-order valence-electron chi connectivity index (χ2n) is 1.46. The Balaban J connectivity index is 2.85. The topological polar surface area (TPSA) is 26.3 Å². The van der Waals surface area contributed by atoms with Crippen molar-refractivity contribution in [2.24, 2.45) is 0 Å². The third-order valence-electron chi connectivity index (χ3n) is 0.864. The SMILES string of the molecule is COS(=O)c1ccc(Cl)s1. The van der Waals surface area contributed by atoms with Crippen molar-refractivity contribution in [3.63, 3.8) is 0 Å². The average molecular weight is 197 g/mol. The van der Waals surface area contributed by atoms with Crippen molar-refractivity contribution in [1.29, 1.82) is 0 Å². The summed E-state index contributed by atoms with van der Waals surface area (Å²) in [6, 6.07) is 3.38. The molecule has 1 aromatic rings. The molecule has 1 heterocycles. The summed E-state index contributed by atoms with van der Waals surface area (Å²) in [6.07, 6.45) is 0. The van der Waals surface area contributed by atoms with Crippen molar-refractivity contribution in [3.8, 4) is 0 Å². The van der Waals surface area contributed by atoms with Crippen LogP contribution >= 0.6 is 22.9 Å². The molecule has 0 amide bonds. The lowest BCUT2D eigenvalue weighted by Crippen LogP contribution is -1.87. The summed E-state index contributed by atoms with van der Waals surface area (Å²) in [5.74, 6) is 0. The molecule has 0 spiro atoms. The summed E-state index contributed by atoms with van der Waals surface area (Å²) >= 11 is 5.52. The number of hydrogen-bond acceptors (Lipinski definition) is 3. The molecular formula is C5H5ClO2S2. The number of halogens is 1. The predicted molar refractivity (Wildman–Crippen MR) is 42.7 cm³/mol. The van der Waals surface area contributed by atoms with Crippen LogP contribution in [0.3, 0.4) is 0 Å². The van der Waals surface area contributed by atoms with E-state index in [1.807, 2.05) is 0 Å². The molecule has 0 bridgehead atoms. The van der Waals surface area contributed by atoms with Crippen LogP contribution in [-0.4, -0.2) is 11.3 Å². The van der Waals surface area contributed by atoms with Gasteiger partial charge in [0.05, 0.1) is 11.4 Å². The summed E-state index contributed by atoms with van der Waals surface area (Å²) < 4.78 is 16.7. The fourth-order valence-corrected chi connectivity index (χ4v) is 2.47. The molecular weight excluding hydrogens is 192 g/mol. The monoisotopic (exact) mass is 196 g/mol. The second kappa shape index (κ2) is 3.48. The Morgan fingerprint density at radius 2 is 2.40 bits per heavy atom. The number of rotatable bonds is 2. The van der Waals surface area contributed by atoms with E-state index in [9.17, 15) is 4.21 Å². The van der Waals surface area contributed by atoms with E-state index in [1.54, 1.807) is 12.1 Å². The van der Waals surface area contributed by atoms with E-state index < -0.39 is 11.1 Å². The molecule has 0 N–H and O–H groups in total. The van der Waals surface area contributed by atoms with Gasteiger partial charge in [-0.05, 0) is 12.1 Å². The summed E-state index contributed by atoms with van der Waals surface area (Å²) in [5.41, 5.74) is 0. The lowest BCUT2D eigenvalue weighted by Gasteiger charge is -1.89. The van der Waals surface area contributed by atoms with Gasteiger partial charge in [0, 0.05) is 0 Å². The van der Waals surface area contributed by atoms with E-state index in [-0.39, 0.29) is 0 Å². The lowest BCUT2D eigenvalue weighted by atomic mass is 10.7. The predicted octanol–water partition coefficient (Wildman–Crippen LogP) is 2.07. The highest BCUT2D eigenvalue weighted by Crippen LogP contribution is 2.24. The van der Waals surface area contributed by atoms with E-state index >= 15 is 0 Å². The molecule has 0 radical (unpaired) electrons.